The molecule has 0 amide bonds. The zero-order valence-corrected chi connectivity index (χ0v) is 15.5. The van der Waals surface area contributed by atoms with E-state index in [1.54, 1.807) is 25.0 Å². The average Bonchev–Trinajstić information content (AvgIpc) is 2.65. The number of aromatic nitrogens is 1. The third-order valence-electron chi connectivity index (χ3n) is 3.18. The number of rotatable bonds is 3. The van der Waals surface area contributed by atoms with Gasteiger partial charge in [0.15, 0.2) is 0 Å². The summed E-state index contributed by atoms with van der Waals surface area (Å²) in [6.45, 7) is 2.00. The van der Waals surface area contributed by atoms with Gasteiger partial charge in [-0.25, -0.2) is 0 Å². The fourth-order valence-electron chi connectivity index (χ4n) is 2.11. The molecule has 1 aromatic heterocycles. The van der Waals surface area contributed by atoms with Crippen molar-refractivity contribution in [2.75, 3.05) is 0 Å². The van der Waals surface area contributed by atoms with Crippen LogP contribution in [0.2, 0.25) is 0 Å². The molecule has 23 heavy (non-hydrogen) atoms. The predicted molar refractivity (Wildman–Crippen MR) is 92.7 cm³/mol. The molecule has 0 unspecified atom stereocenters. The molecule has 0 spiro atoms. The molecule has 2 aromatic carbocycles. The van der Waals surface area contributed by atoms with E-state index in [-0.39, 0.29) is 0 Å². The Morgan fingerprint density at radius 2 is 1.70 bits per heavy atom. The predicted octanol–water partition coefficient (Wildman–Crippen LogP) is 5.38. The topological polar surface area (TPSA) is 25.2 Å². The van der Waals surface area contributed by atoms with Crippen LogP contribution >= 0.6 is 9.42 Å². The molecule has 0 aliphatic rings. The van der Waals surface area contributed by atoms with Crippen LogP contribution in [-0.2, 0) is 18.8 Å². The maximum absolute atomic E-state index is 4.63. The summed E-state index contributed by atoms with van der Waals surface area (Å²) >= 11 is 1.61. The van der Waals surface area contributed by atoms with Gasteiger partial charge in [-0.1, -0.05) is 35.9 Å². The first kappa shape index (κ1) is 17.6. The first-order valence-corrected chi connectivity index (χ1v) is 9.81. The number of hydrogen-bond donors (Lipinski definition) is 0. The van der Waals surface area contributed by atoms with E-state index in [1.807, 2.05) is 73.7 Å². The van der Waals surface area contributed by atoms with Gasteiger partial charge < -0.3 is 0 Å². The standard InChI is InChI=1S/C19H15N2.ClH.Pt/c1-15(21-18-10-3-2-4-11-18)16-8-7-9-17(14-16)19-12-5-6-13-20-19;;/h2-13H,1H3;1H;/q-1;;+2/p-1. The maximum atomic E-state index is 4.63. The second kappa shape index (κ2) is 9.39. The molecule has 3 aromatic rings. The molecular weight excluding hydrogens is 487 g/mol. The van der Waals surface area contributed by atoms with Gasteiger partial charge in [0.05, 0.1) is 5.69 Å². The average molecular weight is 502 g/mol. The zero-order valence-electron chi connectivity index (χ0n) is 12.5. The second-order valence-electron chi connectivity index (χ2n) is 4.73. The number of benzene rings is 2. The quantitative estimate of drug-likeness (QED) is 0.350. The molecule has 0 aliphatic carbocycles. The Bertz CT molecular complexity index is 759. The van der Waals surface area contributed by atoms with Gasteiger partial charge in [0.1, 0.15) is 0 Å². The van der Waals surface area contributed by atoms with Crippen LogP contribution in [0.15, 0.2) is 77.9 Å². The third kappa shape index (κ3) is 5.13. The van der Waals surface area contributed by atoms with Gasteiger partial charge in [-0.3, -0.25) is 9.98 Å². The normalized spacial score (nSPS) is 10.7. The Hall–Kier alpha value is -1.76. The molecule has 0 N–H and O–H groups in total. The molecule has 0 saturated heterocycles. The van der Waals surface area contributed by atoms with Crippen molar-refractivity contribution in [2.45, 2.75) is 6.92 Å². The Labute approximate surface area is 152 Å². The van der Waals surface area contributed by atoms with E-state index in [1.165, 1.54) is 0 Å². The van der Waals surface area contributed by atoms with Crippen LogP contribution in [-0.4, -0.2) is 10.7 Å². The summed E-state index contributed by atoms with van der Waals surface area (Å²) < 4.78 is 0. The summed E-state index contributed by atoms with van der Waals surface area (Å²) in [6, 6.07) is 25.3. The molecule has 4 heteroatoms. The van der Waals surface area contributed by atoms with Gasteiger partial charge in [-0.05, 0) is 30.8 Å². The Morgan fingerprint density at radius 3 is 2.39 bits per heavy atom. The Kier molecular flexibility index (Phi) is 7.18. The van der Waals surface area contributed by atoms with Gasteiger partial charge in [-0.2, -0.15) is 0 Å². The molecule has 0 saturated carbocycles. The minimum absolute atomic E-state index is 0.923. The van der Waals surface area contributed by atoms with Crippen molar-refractivity contribution < 1.29 is 18.8 Å². The van der Waals surface area contributed by atoms with Crippen molar-refractivity contribution in [1.29, 1.82) is 0 Å². The summed E-state index contributed by atoms with van der Waals surface area (Å²) in [7, 11) is 4.61. The van der Waals surface area contributed by atoms with E-state index >= 15 is 0 Å². The van der Waals surface area contributed by atoms with Crippen LogP contribution < -0.4 is 0 Å². The zero-order chi connectivity index (χ0) is 16.5. The summed E-state index contributed by atoms with van der Waals surface area (Å²) in [5.41, 5.74) is 4.79. The first-order chi connectivity index (χ1) is 11.3. The van der Waals surface area contributed by atoms with E-state index in [2.05, 4.69) is 25.5 Å². The van der Waals surface area contributed by atoms with Crippen molar-refractivity contribution in [3.8, 4) is 11.3 Å². The number of nitrogens with zero attached hydrogens (tertiary/aromatic N) is 2. The Morgan fingerprint density at radius 1 is 0.957 bits per heavy atom. The summed E-state index contributed by atoms with van der Waals surface area (Å²) in [5, 5.41) is 0. The van der Waals surface area contributed by atoms with Crippen molar-refractivity contribution in [2.24, 2.45) is 4.99 Å². The number of hydrogen-bond acceptors (Lipinski definition) is 2. The molecule has 0 fully saturated rings. The van der Waals surface area contributed by atoms with Gasteiger partial charge >= 0.3 is 28.2 Å². The fourth-order valence-corrected chi connectivity index (χ4v) is 2.11. The number of aliphatic imine (C=N–C) groups is 1. The third-order valence-corrected chi connectivity index (χ3v) is 3.18. The number of pyridine rings is 1. The van der Waals surface area contributed by atoms with Crippen molar-refractivity contribution in [1.82, 2.24) is 4.98 Å². The molecule has 1 heterocycles. The van der Waals surface area contributed by atoms with E-state index in [0.29, 0.717) is 0 Å². The molecule has 118 valence electrons. The SMILES string of the molecule is CC(=Nc1ccccc1)c1[c-]c(-c2ccccn2)ccc1.[Cl][Pt+]. The van der Waals surface area contributed by atoms with E-state index in [4.69, 9.17) is 0 Å². The number of halogens is 1. The minimum atomic E-state index is 0.923. The van der Waals surface area contributed by atoms with E-state index < -0.39 is 0 Å². The van der Waals surface area contributed by atoms with Crippen molar-refractivity contribution in [3.05, 3.63) is 84.6 Å². The molecular formula is C19H15ClN2Pt. The van der Waals surface area contributed by atoms with Crippen molar-refractivity contribution in [3.63, 3.8) is 0 Å². The molecule has 3 rings (SSSR count). The van der Waals surface area contributed by atoms with Gasteiger partial charge in [0.2, 0.25) is 0 Å². The first-order valence-electron chi connectivity index (χ1n) is 6.99. The van der Waals surface area contributed by atoms with Crippen molar-refractivity contribution >= 4 is 20.8 Å². The van der Waals surface area contributed by atoms with Crippen LogP contribution in [0.4, 0.5) is 5.69 Å². The molecule has 0 atom stereocenters. The van der Waals surface area contributed by atoms with E-state index in [0.717, 1.165) is 28.2 Å². The molecule has 0 bridgehead atoms. The fraction of sp³-hybridized carbons (Fsp3) is 0.0526. The van der Waals surface area contributed by atoms with Crippen LogP contribution in [0.3, 0.4) is 0 Å². The number of para-hydroxylation sites is 1. The monoisotopic (exact) mass is 501 g/mol. The molecule has 0 aliphatic heterocycles. The molecule has 2 nitrogen and oxygen atoms in total. The summed E-state index contributed by atoms with van der Waals surface area (Å²) in [6.07, 6.45) is 1.79. The van der Waals surface area contributed by atoms with Gasteiger partial charge in [0, 0.05) is 11.9 Å². The van der Waals surface area contributed by atoms with E-state index in [9.17, 15) is 0 Å². The summed E-state index contributed by atoms with van der Waals surface area (Å²) in [5.74, 6) is 0. The second-order valence-corrected chi connectivity index (χ2v) is 4.73. The van der Waals surface area contributed by atoms with Crippen LogP contribution in [0.25, 0.3) is 11.3 Å². The van der Waals surface area contributed by atoms with Crippen LogP contribution in [0.1, 0.15) is 12.5 Å². The Balaban J connectivity index is 0.000000924. The van der Waals surface area contributed by atoms with Crippen LogP contribution in [0, 0.1) is 6.07 Å². The molecule has 0 radical (unpaired) electrons. The summed E-state index contributed by atoms with van der Waals surface area (Å²) in [4.78, 5) is 8.99. The van der Waals surface area contributed by atoms with Gasteiger partial charge in [-0.15, -0.1) is 29.8 Å². The van der Waals surface area contributed by atoms with Crippen LogP contribution in [0.5, 0.6) is 0 Å². The van der Waals surface area contributed by atoms with Gasteiger partial charge in [0.25, 0.3) is 0 Å².